The van der Waals surface area contributed by atoms with Crippen molar-refractivity contribution in [3.05, 3.63) is 84.2 Å². The predicted molar refractivity (Wildman–Crippen MR) is 103 cm³/mol. The van der Waals surface area contributed by atoms with Gasteiger partial charge in [-0.1, -0.05) is 48.5 Å². The van der Waals surface area contributed by atoms with Crippen LogP contribution in [0.15, 0.2) is 72.9 Å². The summed E-state index contributed by atoms with van der Waals surface area (Å²) in [6.45, 7) is 3.14. The lowest BCUT2D eigenvalue weighted by Gasteiger charge is -2.22. The third kappa shape index (κ3) is 4.06. The molecule has 0 atom stereocenters. The van der Waals surface area contributed by atoms with Gasteiger partial charge in [-0.15, -0.1) is 0 Å². The fraction of sp³-hybridized carbons (Fsp3) is 0.190. The Morgan fingerprint density at radius 1 is 0.962 bits per heavy atom. The minimum absolute atomic E-state index is 0.0959. The van der Waals surface area contributed by atoms with Gasteiger partial charge >= 0.3 is 0 Å². The zero-order valence-electron chi connectivity index (χ0n) is 15.0. The van der Waals surface area contributed by atoms with Crippen LogP contribution in [0.3, 0.4) is 0 Å². The van der Waals surface area contributed by atoms with Gasteiger partial charge in [0, 0.05) is 32.0 Å². The van der Waals surface area contributed by atoms with E-state index in [4.69, 9.17) is 0 Å². The van der Waals surface area contributed by atoms with E-state index in [1.54, 1.807) is 17.2 Å². The van der Waals surface area contributed by atoms with Crippen LogP contribution in [0, 0.1) is 0 Å². The maximum atomic E-state index is 12.9. The second-order valence-corrected chi connectivity index (χ2v) is 5.94. The molecule has 5 heteroatoms. The second kappa shape index (κ2) is 8.25. The molecule has 26 heavy (non-hydrogen) atoms. The van der Waals surface area contributed by atoms with E-state index in [1.807, 2.05) is 79.5 Å². The monoisotopic (exact) mass is 346 g/mol. The van der Waals surface area contributed by atoms with Gasteiger partial charge in [0.15, 0.2) is 0 Å². The Hall–Kier alpha value is -3.21. The Morgan fingerprint density at radius 3 is 2.27 bits per heavy atom. The van der Waals surface area contributed by atoms with Crippen molar-refractivity contribution in [3.63, 3.8) is 0 Å². The zero-order valence-corrected chi connectivity index (χ0v) is 15.0. The first-order valence-corrected chi connectivity index (χ1v) is 8.64. The molecule has 2 aromatic carbocycles. The van der Waals surface area contributed by atoms with Crippen molar-refractivity contribution in [1.29, 1.82) is 0 Å². The maximum absolute atomic E-state index is 12.9. The Bertz CT molecular complexity index is 852. The Morgan fingerprint density at radius 2 is 1.62 bits per heavy atom. The summed E-state index contributed by atoms with van der Waals surface area (Å²) >= 11 is 0. The van der Waals surface area contributed by atoms with Gasteiger partial charge in [-0.05, 0) is 30.7 Å². The highest BCUT2D eigenvalue weighted by molar-refractivity contribution is 5.92. The topological polar surface area (TPSA) is 49.3 Å². The minimum atomic E-state index is -0.0959. The quantitative estimate of drug-likeness (QED) is 0.679. The van der Waals surface area contributed by atoms with Gasteiger partial charge < -0.3 is 9.80 Å². The molecule has 5 nitrogen and oxygen atoms in total. The molecule has 0 fully saturated rings. The molecule has 0 spiro atoms. The zero-order chi connectivity index (χ0) is 18.4. The predicted octanol–water partition coefficient (Wildman–Crippen LogP) is 3.91. The van der Waals surface area contributed by atoms with Gasteiger partial charge in [0.05, 0.1) is 0 Å². The average molecular weight is 346 g/mol. The molecule has 1 heterocycles. The Kier molecular flexibility index (Phi) is 5.59. The molecular formula is C21H22N4O. The fourth-order valence-corrected chi connectivity index (χ4v) is 2.69. The number of hydrogen-bond donors (Lipinski definition) is 0. The number of anilines is 2. The van der Waals surface area contributed by atoms with Gasteiger partial charge in [0.1, 0.15) is 5.69 Å². The lowest BCUT2D eigenvalue weighted by Crippen LogP contribution is -2.31. The molecule has 0 bridgehead atoms. The summed E-state index contributed by atoms with van der Waals surface area (Å²) in [5, 5.41) is 0. The van der Waals surface area contributed by atoms with Crippen molar-refractivity contribution in [1.82, 2.24) is 14.9 Å². The molecule has 0 unspecified atom stereocenters. The van der Waals surface area contributed by atoms with E-state index in [2.05, 4.69) is 9.97 Å². The summed E-state index contributed by atoms with van der Waals surface area (Å²) in [6, 6.07) is 21.5. The molecule has 3 rings (SSSR count). The van der Waals surface area contributed by atoms with E-state index in [9.17, 15) is 4.79 Å². The van der Waals surface area contributed by atoms with Crippen LogP contribution >= 0.6 is 0 Å². The van der Waals surface area contributed by atoms with Crippen LogP contribution in [0.5, 0.6) is 0 Å². The molecule has 1 amide bonds. The molecule has 0 aliphatic carbocycles. The van der Waals surface area contributed by atoms with Crippen molar-refractivity contribution in [2.24, 2.45) is 0 Å². The van der Waals surface area contributed by atoms with Crippen LogP contribution in [-0.4, -0.2) is 34.4 Å². The average Bonchev–Trinajstić information content (AvgIpc) is 2.72. The molecule has 0 aliphatic heterocycles. The maximum Gasteiger partial charge on any atom is 0.272 e. The summed E-state index contributed by atoms with van der Waals surface area (Å²) in [5.41, 5.74) is 2.46. The van der Waals surface area contributed by atoms with Crippen LogP contribution < -0.4 is 4.90 Å². The third-order valence-corrected chi connectivity index (χ3v) is 4.19. The van der Waals surface area contributed by atoms with Crippen LogP contribution in [-0.2, 0) is 6.54 Å². The summed E-state index contributed by atoms with van der Waals surface area (Å²) < 4.78 is 0. The van der Waals surface area contributed by atoms with Crippen molar-refractivity contribution in [2.45, 2.75) is 13.5 Å². The lowest BCUT2D eigenvalue weighted by molar-refractivity contribution is 0.0746. The van der Waals surface area contributed by atoms with E-state index in [0.29, 0.717) is 24.7 Å². The third-order valence-electron chi connectivity index (χ3n) is 4.19. The first-order valence-electron chi connectivity index (χ1n) is 8.64. The summed E-state index contributed by atoms with van der Waals surface area (Å²) in [6.07, 6.45) is 1.63. The van der Waals surface area contributed by atoms with Crippen LogP contribution in [0.25, 0.3) is 0 Å². The number of benzene rings is 2. The number of hydrogen-bond acceptors (Lipinski definition) is 4. The molecule has 3 aromatic rings. The number of para-hydroxylation sites is 1. The van der Waals surface area contributed by atoms with Gasteiger partial charge in [-0.25, -0.2) is 9.97 Å². The summed E-state index contributed by atoms with van der Waals surface area (Å²) in [5.74, 6) is 0.402. The normalized spacial score (nSPS) is 10.4. The van der Waals surface area contributed by atoms with Crippen molar-refractivity contribution >= 4 is 17.5 Å². The van der Waals surface area contributed by atoms with Crippen molar-refractivity contribution in [2.75, 3.05) is 18.5 Å². The molecule has 1 aromatic heterocycles. The molecule has 0 saturated carbocycles. The number of carbonyl (C=O) groups is 1. The Balaban J connectivity index is 1.81. The first-order chi connectivity index (χ1) is 12.7. The minimum Gasteiger partial charge on any atom is -0.333 e. The summed E-state index contributed by atoms with van der Waals surface area (Å²) in [7, 11) is 1.89. The van der Waals surface area contributed by atoms with Crippen LogP contribution in [0.2, 0.25) is 0 Å². The number of carbonyl (C=O) groups excluding carboxylic acids is 1. The largest absolute Gasteiger partial charge is 0.333 e. The van der Waals surface area contributed by atoms with Gasteiger partial charge in [0.25, 0.3) is 5.91 Å². The highest BCUT2D eigenvalue weighted by Crippen LogP contribution is 2.19. The molecule has 0 N–H and O–H groups in total. The standard InChI is InChI=1S/C21H22N4O/c1-3-25(16-17-10-6-4-7-11-17)20(26)19-14-15-22-21(23-19)24(2)18-12-8-5-9-13-18/h4-15H,3,16H2,1-2H3. The van der Waals surface area contributed by atoms with Gasteiger partial charge in [-0.2, -0.15) is 0 Å². The van der Waals surface area contributed by atoms with Gasteiger partial charge in [-0.3, -0.25) is 4.79 Å². The van der Waals surface area contributed by atoms with E-state index < -0.39 is 0 Å². The lowest BCUT2D eigenvalue weighted by atomic mass is 10.2. The molecule has 0 radical (unpaired) electrons. The highest BCUT2D eigenvalue weighted by atomic mass is 16.2. The van der Waals surface area contributed by atoms with Crippen molar-refractivity contribution in [3.8, 4) is 0 Å². The first kappa shape index (κ1) is 17.6. The van der Waals surface area contributed by atoms with Crippen LogP contribution in [0.1, 0.15) is 23.0 Å². The number of rotatable bonds is 6. The van der Waals surface area contributed by atoms with Crippen molar-refractivity contribution < 1.29 is 4.79 Å². The van der Waals surface area contributed by atoms with E-state index in [1.165, 1.54) is 0 Å². The smallest absolute Gasteiger partial charge is 0.272 e. The van der Waals surface area contributed by atoms with E-state index in [0.717, 1.165) is 11.3 Å². The molecule has 132 valence electrons. The fourth-order valence-electron chi connectivity index (χ4n) is 2.69. The number of aromatic nitrogens is 2. The number of amides is 1. The molecule has 0 saturated heterocycles. The Labute approximate surface area is 153 Å². The van der Waals surface area contributed by atoms with Gasteiger partial charge in [0.2, 0.25) is 5.95 Å². The highest BCUT2D eigenvalue weighted by Gasteiger charge is 2.18. The summed E-state index contributed by atoms with van der Waals surface area (Å²) in [4.78, 5) is 25.4. The van der Waals surface area contributed by atoms with E-state index in [-0.39, 0.29) is 5.91 Å². The second-order valence-electron chi connectivity index (χ2n) is 5.94. The van der Waals surface area contributed by atoms with E-state index >= 15 is 0 Å². The SMILES string of the molecule is CCN(Cc1ccccc1)C(=O)c1ccnc(N(C)c2ccccc2)n1. The molecular weight excluding hydrogens is 324 g/mol. The van der Waals surface area contributed by atoms with Crippen LogP contribution in [0.4, 0.5) is 11.6 Å². The molecule has 0 aliphatic rings. The number of nitrogens with zero attached hydrogens (tertiary/aromatic N) is 4.